The van der Waals surface area contributed by atoms with Crippen LogP contribution in [0.3, 0.4) is 0 Å². The third kappa shape index (κ3) is 6.68. The van der Waals surface area contributed by atoms with Crippen molar-refractivity contribution in [2.24, 2.45) is 11.7 Å². The molecular formula is C14H29NOS. The Labute approximate surface area is 111 Å². The molecule has 0 aromatic heterocycles. The van der Waals surface area contributed by atoms with Crippen molar-refractivity contribution in [1.82, 2.24) is 0 Å². The summed E-state index contributed by atoms with van der Waals surface area (Å²) in [7, 11) is 0. The first-order valence-corrected chi connectivity index (χ1v) is 8.12. The van der Waals surface area contributed by atoms with Crippen LogP contribution in [0.15, 0.2) is 0 Å². The summed E-state index contributed by atoms with van der Waals surface area (Å²) in [4.78, 5) is 0. The molecule has 3 unspecified atom stereocenters. The highest BCUT2D eigenvalue weighted by molar-refractivity contribution is 7.99. The van der Waals surface area contributed by atoms with E-state index in [9.17, 15) is 5.11 Å². The Balaban J connectivity index is 2.00. The number of hydrogen-bond acceptors (Lipinski definition) is 3. The second-order valence-electron chi connectivity index (χ2n) is 5.92. The number of hydrogen-bond donors (Lipinski definition) is 2. The fraction of sp³-hybridized carbons (Fsp3) is 1.00. The zero-order valence-electron chi connectivity index (χ0n) is 11.5. The van der Waals surface area contributed by atoms with Gasteiger partial charge in [0.15, 0.2) is 0 Å². The lowest BCUT2D eigenvalue weighted by Gasteiger charge is -2.26. The SMILES string of the molecule is CC1CCCC(SCCCCC(C)(O)CN)C1. The van der Waals surface area contributed by atoms with Crippen LogP contribution in [-0.4, -0.2) is 28.3 Å². The van der Waals surface area contributed by atoms with Crippen LogP contribution in [0.2, 0.25) is 0 Å². The summed E-state index contributed by atoms with van der Waals surface area (Å²) in [5, 5.41) is 10.7. The molecule has 3 N–H and O–H groups in total. The topological polar surface area (TPSA) is 46.2 Å². The predicted octanol–water partition coefficient (Wildman–Crippen LogP) is 3.18. The molecule has 0 aromatic carbocycles. The molecule has 0 amide bonds. The summed E-state index contributed by atoms with van der Waals surface area (Å²) < 4.78 is 0. The molecule has 2 nitrogen and oxygen atoms in total. The first kappa shape index (κ1) is 15.3. The van der Waals surface area contributed by atoms with Gasteiger partial charge in [0.05, 0.1) is 5.60 Å². The van der Waals surface area contributed by atoms with Crippen molar-refractivity contribution in [3.8, 4) is 0 Å². The molecule has 0 aliphatic heterocycles. The lowest BCUT2D eigenvalue weighted by molar-refractivity contribution is 0.0577. The van der Waals surface area contributed by atoms with E-state index < -0.39 is 5.60 Å². The maximum atomic E-state index is 9.77. The van der Waals surface area contributed by atoms with Crippen molar-refractivity contribution in [3.05, 3.63) is 0 Å². The van der Waals surface area contributed by atoms with Crippen LogP contribution < -0.4 is 5.73 Å². The zero-order valence-corrected chi connectivity index (χ0v) is 12.3. The molecule has 0 saturated heterocycles. The molecule has 0 radical (unpaired) electrons. The van der Waals surface area contributed by atoms with Gasteiger partial charge in [0, 0.05) is 11.8 Å². The van der Waals surface area contributed by atoms with Crippen LogP contribution in [0.4, 0.5) is 0 Å². The fourth-order valence-corrected chi connectivity index (χ4v) is 3.99. The van der Waals surface area contributed by atoms with Gasteiger partial charge in [0.25, 0.3) is 0 Å². The average Bonchev–Trinajstić information content (AvgIpc) is 2.29. The molecule has 1 aliphatic carbocycles. The highest BCUT2D eigenvalue weighted by Crippen LogP contribution is 2.32. The van der Waals surface area contributed by atoms with E-state index >= 15 is 0 Å². The van der Waals surface area contributed by atoms with Gasteiger partial charge in [0.2, 0.25) is 0 Å². The van der Waals surface area contributed by atoms with Crippen LogP contribution in [0.1, 0.15) is 58.8 Å². The lowest BCUT2D eigenvalue weighted by Crippen LogP contribution is -2.33. The van der Waals surface area contributed by atoms with Gasteiger partial charge in [-0.25, -0.2) is 0 Å². The largest absolute Gasteiger partial charge is 0.389 e. The number of unbranched alkanes of at least 4 members (excludes halogenated alkanes) is 1. The van der Waals surface area contributed by atoms with Crippen LogP contribution in [0, 0.1) is 5.92 Å². The minimum atomic E-state index is -0.649. The van der Waals surface area contributed by atoms with Gasteiger partial charge in [-0.3, -0.25) is 0 Å². The van der Waals surface area contributed by atoms with E-state index in [1.165, 1.54) is 37.9 Å². The Morgan fingerprint density at radius 2 is 2.12 bits per heavy atom. The minimum Gasteiger partial charge on any atom is -0.389 e. The number of nitrogens with two attached hydrogens (primary N) is 1. The van der Waals surface area contributed by atoms with Gasteiger partial charge in [-0.05, 0) is 50.7 Å². The molecule has 1 rings (SSSR count). The summed E-state index contributed by atoms with van der Waals surface area (Å²) in [5.41, 5.74) is 4.85. The molecule has 102 valence electrons. The van der Waals surface area contributed by atoms with Crippen molar-refractivity contribution in [2.75, 3.05) is 12.3 Å². The summed E-state index contributed by atoms with van der Waals surface area (Å²) in [6.07, 6.45) is 8.81. The number of thioether (sulfide) groups is 1. The van der Waals surface area contributed by atoms with Crippen LogP contribution in [-0.2, 0) is 0 Å². The zero-order chi connectivity index (χ0) is 12.7. The Bertz CT molecular complexity index is 208. The fourth-order valence-electron chi connectivity index (χ4n) is 2.49. The highest BCUT2D eigenvalue weighted by atomic mass is 32.2. The summed E-state index contributed by atoms with van der Waals surface area (Å²) in [5.74, 6) is 2.18. The van der Waals surface area contributed by atoms with Crippen molar-refractivity contribution in [3.63, 3.8) is 0 Å². The third-order valence-corrected chi connectivity index (χ3v) is 5.22. The molecule has 0 heterocycles. The van der Waals surface area contributed by atoms with Crippen molar-refractivity contribution >= 4 is 11.8 Å². The monoisotopic (exact) mass is 259 g/mol. The number of rotatable bonds is 7. The first-order valence-electron chi connectivity index (χ1n) is 7.07. The quantitative estimate of drug-likeness (QED) is 0.690. The Morgan fingerprint density at radius 1 is 1.35 bits per heavy atom. The molecule has 1 saturated carbocycles. The second kappa shape index (κ2) is 7.65. The average molecular weight is 259 g/mol. The normalized spacial score (nSPS) is 28.9. The van der Waals surface area contributed by atoms with E-state index in [1.807, 2.05) is 6.92 Å². The Hall–Kier alpha value is 0.270. The van der Waals surface area contributed by atoms with Gasteiger partial charge in [0.1, 0.15) is 0 Å². The van der Waals surface area contributed by atoms with Gasteiger partial charge in [-0.2, -0.15) is 11.8 Å². The van der Waals surface area contributed by atoms with E-state index in [0.29, 0.717) is 6.54 Å². The molecule has 1 aliphatic rings. The summed E-state index contributed by atoms with van der Waals surface area (Å²) >= 11 is 2.15. The first-order chi connectivity index (χ1) is 8.03. The minimum absolute atomic E-state index is 0.375. The predicted molar refractivity (Wildman–Crippen MR) is 77.4 cm³/mol. The van der Waals surface area contributed by atoms with E-state index in [4.69, 9.17) is 5.73 Å². The van der Waals surface area contributed by atoms with Crippen LogP contribution >= 0.6 is 11.8 Å². The van der Waals surface area contributed by atoms with E-state index in [-0.39, 0.29) is 0 Å². The van der Waals surface area contributed by atoms with Crippen molar-refractivity contribution in [2.45, 2.75) is 69.6 Å². The second-order valence-corrected chi connectivity index (χ2v) is 7.33. The lowest BCUT2D eigenvalue weighted by atomic mass is 9.91. The van der Waals surface area contributed by atoms with Crippen molar-refractivity contribution in [1.29, 1.82) is 0 Å². The standard InChI is InChI=1S/C14H29NOS/c1-12-6-5-7-13(10-12)17-9-4-3-8-14(2,16)11-15/h12-13,16H,3-11,15H2,1-2H3. The van der Waals surface area contributed by atoms with Crippen molar-refractivity contribution < 1.29 is 5.11 Å². The van der Waals surface area contributed by atoms with Gasteiger partial charge >= 0.3 is 0 Å². The van der Waals surface area contributed by atoms with E-state index in [1.54, 1.807) is 0 Å². The van der Waals surface area contributed by atoms with Crippen LogP contribution in [0.25, 0.3) is 0 Å². The van der Waals surface area contributed by atoms with Gasteiger partial charge in [-0.15, -0.1) is 0 Å². The summed E-state index contributed by atoms with van der Waals surface area (Å²) in [6, 6.07) is 0. The molecule has 0 bridgehead atoms. The molecule has 1 fully saturated rings. The highest BCUT2D eigenvalue weighted by Gasteiger charge is 2.19. The smallest absolute Gasteiger partial charge is 0.0741 e. The molecule has 17 heavy (non-hydrogen) atoms. The summed E-state index contributed by atoms with van der Waals surface area (Å²) in [6.45, 7) is 4.59. The van der Waals surface area contributed by atoms with Gasteiger partial charge in [-0.1, -0.05) is 19.8 Å². The molecule has 0 spiro atoms. The molecule has 3 heteroatoms. The van der Waals surface area contributed by atoms with E-state index in [0.717, 1.165) is 24.0 Å². The Morgan fingerprint density at radius 3 is 2.76 bits per heavy atom. The molecule has 0 aromatic rings. The maximum Gasteiger partial charge on any atom is 0.0741 e. The number of aliphatic hydroxyl groups is 1. The van der Waals surface area contributed by atoms with Gasteiger partial charge < -0.3 is 10.8 Å². The maximum absolute atomic E-state index is 9.77. The van der Waals surface area contributed by atoms with Crippen LogP contribution in [0.5, 0.6) is 0 Å². The molecular weight excluding hydrogens is 230 g/mol. The van der Waals surface area contributed by atoms with E-state index in [2.05, 4.69) is 18.7 Å². The molecule has 3 atom stereocenters. The third-order valence-electron chi connectivity index (χ3n) is 3.79. The Kier molecular flexibility index (Phi) is 6.90.